The summed E-state index contributed by atoms with van der Waals surface area (Å²) in [5, 5.41) is 2.67. The van der Waals surface area contributed by atoms with Crippen LogP contribution in [-0.4, -0.2) is 41.1 Å². The van der Waals surface area contributed by atoms with Crippen LogP contribution in [0.25, 0.3) is 0 Å². The quantitative estimate of drug-likeness (QED) is 0.840. The van der Waals surface area contributed by atoms with Gasteiger partial charge in [0.15, 0.2) is 6.04 Å². The lowest BCUT2D eigenvalue weighted by molar-refractivity contribution is -0.150. The first-order chi connectivity index (χ1) is 9.65. The van der Waals surface area contributed by atoms with Crippen LogP contribution in [0.2, 0.25) is 0 Å². The number of ether oxygens (including phenoxy) is 2. The fraction of sp³-hybridized carbons (Fsp3) is 0.643. The van der Waals surface area contributed by atoms with Crippen molar-refractivity contribution < 1.29 is 19.1 Å². The Hall–Kier alpha value is -1.47. The summed E-state index contributed by atoms with van der Waals surface area (Å²) in [6.07, 6.45) is 1.09. The van der Waals surface area contributed by atoms with E-state index in [1.165, 1.54) is 7.11 Å². The van der Waals surface area contributed by atoms with Gasteiger partial charge in [-0.15, -0.1) is 0 Å². The van der Waals surface area contributed by atoms with Gasteiger partial charge in [-0.3, -0.25) is 4.79 Å². The molecule has 1 aromatic heterocycles. The smallest absolute Gasteiger partial charge is 0.331 e. The molecule has 6 nitrogen and oxygen atoms in total. The maximum Gasteiger partial charge on any atom is 0.331 e. The molecule has 1 amide bonds. The predicted octanol–water partition coefficient (Wildman–Crippen LogP) is 1.93. The van der Waals surface area contributed by atoms with Crippen LogP contribution in [0.15, 0.2) is 6.20 Å². The molecule has 0 aromatic carbocycles. The summed E-state index contributed by atoms with van der Waals surface area (Å²) in [7, 11) is 1.28. The van der Waals surface area contributed by atoms with E-state index in [-0.39, 0.29) is 5.91 Å². The highest BCUT2D eigenvalue weighted by molar-refractivity contribution is 7.08. The molecule has 21 heavy (non-hydrogen) atoms. The topological polar surface area (TPSA) is 77.5 Å². The van der Waals surface area contributed by atoms with E-state index in [1.807, 2.05) is 20.8 Å². The standard InChI is InChI=1S/C14H22N2O4S/c1-8-7-15-21-11(8)12(17)16-10(13(18)19-6)9(2)20-14(3,4)5/h7,9-10H,1-6H3,(H,16,17)/t9-,10+/m0/s1. The Balaban J connectivity index is 2.86. The lowest BCUT2D eigenvalue weighted by Crippen LogP contribution is -2.50. The van der Waals surface area contributed by atoms with E-state index in [0.717, 1.165) is 17.1 Å². The van der Waals surface area contributed by atoms with Gasteiger partial charge in [0.25, 0.3) is 5.91 Å². The molecule has 1 heterocycles. The normalized spacial score (nSPS) is 14.4. The third kappa shape index (κ3) is 5.09. The average molecular weight is 314 g/mol. The van der Waals surface area contributed by atoms with E-state index in [0.29, 0.717) is 4.88 Å². The third-order valence-electron chi connectivity index (χ3n) is 2.71. The minimum absolute atomic E-state index is 0.352. The maximum absolute atomic E-state index is 12.2. The largest absolute Gasteiger partial charge is 0.467 e. The molecule has 1 rings (SSSR count). The van der Waals surface area contributed by atoms with Crippen molar-refractivity contribution in [2.75, 3.05) is 7.11 Å². The summed E-state index contributed by atoms with van der Waals surface area (Å²) in [6, 6.07) is -0.872. The Labute approximate surface area is 129 Å². The van der Waals surface area contributed by atoms with Crippen molar-refractivity contribution in [2.45, 2.75) is 52.4 Å². The van der Waals surface area contributed by atoms with Gasteiger partial charge in [0.2, 0.25) is 0 Å². The summed E-state index contributed by atoms with van der Waals surface area (Å²) in [4.78, 5) is 24.6. The minimum Gasteiger partial charge on any atom is -0.467 e. The maximum atomic E-state index is 12.2. The summed E-state index contributed by atoms with van der Waals surface area (Å²) in [5.41, 5.74) is 0.335. The highest BCUT2D eigenvalue weighted by Crippen LogP contribution is 2.16. The average Bonchev–Trinajstić information content (AvgIpc) is 2.78. The van der Waals surface area contributed by atoms with Gasteiger partial charge in [0, 0.05) is 6.20 Å². The lowest BCUT2D eigenvalue weighted by Gasteiger charge is -2.29. The number of aromatic nitrogens is 1. The van der Waals surface area contributed by atoms with Crippen LogP contribution in [-0.2, 0) is 14.3 Å². The molecule has 0 spiro atoms. The molecule has 0 fully saturated rings. The first kappa shape index (κ1) is 17.6. The monoisotopic (exact) mass is 314 g/mol. The van der Waals surface area contributed by atoms with Crippen molar-refractivity contribution in [3.8, 4) is 0 Å². The number of carbonyl (C=O) groups excluding carboxylic acids is 2. The minimum atomic E-state index is -0.872. The van der Waals surface area contributed by atoms with Gasteiger partial charge in [-0.1, -0.05) is 0 Å². The zero-order valence-electron chi connectivity index (χ0n) is 13.2. The number of esters is 1. The molecule has 118 valence electrons. The Morgan fingerprint density at radius 1 is 1.38 bits per heavy atom. The molecule has 0 aliphatic rings. The van der Waals surface area contributed by atoms with Gasteiger partial charge in [-0.05, 0) is 51.7 Å². The second-order valence-electron chi connectivity index (χ2n) is 5.75. The molecular weight excluding hydrogens is 292 g/mol. The van der Waals surface area contributed by atoms with E-state index in [9.17, 15) is 9.59 Å². The van der Waals surface area contributed by atoms with Crippen LogP contribution in [0.4, 0.5) is 0 Å². The van der Waals surface area contributed by atoms with Crippen molar-refractivity contribution in [1.29, 1.82) is 0 Å². The molecule has 7 heteroatoms. The van der Waals surface area contributed by atoms with Crippen molar-refractivity contribution in [3.63, 3.8) is 0 Å². The summed E-state index contributed by atoms with van der Waals surface area (Å²) < 4.78 is 14.4. The van der Waals surface area contributed by atoms with Gasteiger partial charge in [0.05, 0.1) is 18.8 Å². The highest BCUT2D eigenvalue weighted by Gasteiger charge is 2.32. The van der Waals surface area contributed by atoms with E-state index in [2.05, 4.69) is 9.69 Å². The number of methoxy groups -OCH3 is 1. The van der Waals surface area contributed by atoms with Crippen molar-refractivity contribution in [3.05, 3.63) is 16.6 Å². The van der Waals surface area contributed by atoms with Gasteiger partial charge < -0.3 is 14.8 Å². The van der Waals surface area contributed by atoms with E-state index in [4.69, 9.17) is 9.47 Å². The van der Waals surface area contributed by atoms with Crippen molar-refractivity contribution in [2.24, 2.45) is 0 Å². The summed E-state index contributed by atoms with van der Waals surface area (Å²) >= 11 is 1.09. The number of carbonyl (C=O) groups is 2. The molecule has 1 N–H and O–H groups in total. The first-order valence-electron chi connectivity index (χ1n) is 6.63. The van der Waals surface area contributed by atoms with Crippen LogP contribution < -0.4 is 5.32 Å². The van der Waals surface area contributed by atoms with Crippen LogP contribution >= 0.6 is 11.5 Å². The van der Waals surface area contributed by atoms with Crippen LogP contribution in [0.1, 0.15) is 42.9 Å². The summed E-state index contributed by atoms with van der Waals surface area (Å²) in [5.74, 6) is -0.892. The van der Waals surface area contributed by atoms with Gasteiger partial charge in [-0.25, -0.2) is 9.17 Å². The molecule has 0 saturated carbocycles. The fourth-order valence-electron chi connectivity index (χ4n) is 1.84. The number of aryl methyl sites for hydroxylation is 1. The van der Waals surface area contributed by atoms with Gasteiger partial charge in [-0.2, -0.15) is 0 Å². The van der Waals surface area contributed by atoms with Crippen LogP contribution in [0, 0.1) is 6.92 Å². The zero-order valence-corrected chi connectivity index (χ0v) is 14.0. The predicted molar refractivity (Wildman–Crippen MR) is 80.4 cm³/mol. The number of hydrogen-bond donors (Lipinski definition) is 1. The molecule has 0 bridgehead atoms. The lowest BCUT2D eigenvalue weighted by atomic mass is 10.1. The third-order valence-corrected chi connectivity index (χ3v) is 3.61. The second kappa shape index (κ2) is 7.00. The van der Waals surface area contributed by atoms with Crippen molar-refractivity contribution >= 4 is 23.4 Å². The van der Waals surface area contributed by atoms with E-state index in [1.54, 1.807) is 20.0 Å². The molecule has 2 atom stereocenters. The van der Waals surface area contributed by atoms with E-state index >= 15 is 0 Å². The molecule has 0 radical (unpaired) electrons. The fourth-order valence-corrected chi connectivity index (χ4v) is 2.49. The SMILES string of the molecule is COC(=O)[C@H](NC(=O)c1sncc1C)[C@H](C)OC(C)(C)C. The van der Waals surface area contributed by atoms with Gasteiger partial charge in [0.1, 0.15) is 4.88 Å². The molecule has 0 aliphatic heterocycles. The molecule has 0 aliphatic carbocycles. The number of nitrogens with one attached hydrogen (secondary N) is 1. The Morgan fingerprint density at radius 3 is 2.43 bits per heavy atom. The number of rotatable bonds is 5. The molecule has 0 unspecified atom stereocenters. The van der Waals surface area contributed by atoms with Crippen molar-refractivity contribution in [1.82, 2.24) is 9.69 Å². The summed E-state index contributed by atoms with van der Waals surface area (Å²) in [6.45, 7) is 9.17. The van der Waals surface area contributed by atoms with E-state index < -0.39 is 23.7 Å². The van der Waals surface area contributed by atoms with Crippen LogP contribution in [0.5, 0.6) is 0 Å². The zero-order chi connectivity index (χ0) is 16.2. The first-order valence-corrected chi connectivity index (χ1v) is 7.41. The highest BCUT2D eigenvalue weighted by atomic mass is 32.1. The molecule has 1 aromatic rings. The number of hydrogen-bond acceptors (Lipinski definition) is 6. The number of amides is 1. The Morgan fingerprint density at radius 2 is 2.00 bits per heavy atom. The Bertz CT molecular complexity index is 507. The van der Waals surface area contributed by atoms with Gasteiger partial charge >= 0.3 is 5.97 Å². The molecular formula is C14H22N2O4S. The number of nitrogens with zero attached hydrogens (tertiary/aromatic N) is 1. The Kier molecular flexibility index (Phi) is 5.86. The second-order valence-corrected chi connectivity index (χ2v) is 6.55. The molecule has 0 saturated heterocycles. The van der Waals surface area contributed by atoms with Crippen LogP contribution in [0.3, 0.4) is 0 Å².